The molecule has 26 heavy (non-hydrogen) atoms. The fourth-order valence-corrected chi connectivity index (χ4v) is 3.10. The van der Waals surface area contributed by atoms with E-state index in [9.17, 15) is 4.79 Å². The molecule has 3 N–H and O–H groups in total. The molecule has 0 radical (unpaired) electrons. The number of allylic oxidation sites excluding steroid dienone is 1. The number of carbonyl (C=O) groups is 1. The van der Waals surface area contributed by atoms with Crippen molar-refractivity contribution in [1.29, 1.82) is 0 Å². The summed E-state index contributed by atoms with van der Waals surface area (Å²) in [5.74, 6) is -0.452. The highest BCUT2D eigenvalue weighted by Crippen LogP contribution is 2.39. The van der Waals surface area contributed by atoms with Crippen molar-refractivity contribution in [2.24, 2.45) is 16.0 Å². The van der Waals surface area contributed by atoms with E-state index in [1.807, 2.05) is 18.2 Å². The molecule has 0 bridgehead atoms. The Morgan fingerprint density at radius 2 is 1.77 bits per heavy atom. The standard InChI is InChI=1S/C21H18N4O/c22-21(26)15-10-12-16(13-11-15)24-25-20-17-8-4-5-9-18(17)23-19(20)14-6-2-1-3-7-14/h1-3,5-7,9-13,23H,4,8H2,(H2,22,26). The van der Waals surface area contributed by atoms with Crippen molar-refractivity contribution >= 4 is 23.4 Å². The SMILES string of the molecule is NC(=O)c1ccc(N=Nc2c(-c3ccccc3)[nH]c3c2CCC=C3)cc1. The molecular formula is C21H18N4O. The molecule has 0 saturated heterocycles. The molecule has 2 aromatic carbocycles. The summed E-state index contributed by atoms with van der Waals surface area (Å²) in [5.41, 5.74) is 11.6. The third kappa shape index (κ3) is 3.07. The third-order valence-electron chi connectivity index (χ3n) is 4.43. The van der Waals surface area contributed by atoms with Gasteiger partial charge in [-0.3, -0.25) is 4.79 Å². The summed E-state index contributed by atoms with van der Waals surface area (Å²) in [5, 5.41) is 8.92. The molecule has 128 valence electrons. The van der Waals surface area contributed by atoms with Crippen LogP contribution in [0.5, 0.6) is 0 Å². The monoisotopic (exact) mass is 342 g/mol. The number of nitrogens with one attached hydrogen (secondary N) is 1. The van der Waals surface area contributed by atoms with E-state index in [1.54, 1.807) is 24.3 Å². The van der Waals surface area contributed by atoms with Crippen LogP contribution in [0.2, 0.25) is 0 Å². The number of H-pyrrole nitrogens is 1. The fraction of sp³-hybridized carbons (Fsp3) is 0.0952. The minimum Gasteiger partial charge on any atom is -0.366 e. The van der Waals surface area contributed by atoms with Gasteiger partial charge < -0.3 is 10.7 Å². The van der Waals surface area contributed by atoms with E-state index in [4.69, 9.17) is 5.73 Å². The van der Waals surface area contributed by atoms with E-state index in [-0.39, 0.29) is 0 Å². The lowest BCUT2D eigenvalue weighted by Gasteiger charge is -2.05. The zero-order valence-corrected chi connectivity index (χ0v) is 14.1. The molecule has 0 unspecified atom stereocenters. The number of fused-ring (bicyclic) bond motifs is 1. The maximum atomic E-state index is 11.2. The molecule has 0 aliphatic heterocycles. The molecule has 0 spiro atoms. The lowest BCUT2D eigenvalue weighted by atomic mass is 10.0. The molecule has 1 aromatic heterocycles. The molecule has 0 saturated carbocycles. The zero-order chi connectivity index (χ0) is 17.9. The highest BCUT2D eigenvalue weighted by molar-refractivity contribution is 5.93. The minimum atomic E-state index is -0.452. The summed E-state index contributed by atoms with van der Waals surface area (Å²) in [4.78, 5) is 14.7. The first-order valence-corrected chi connectivity index (χ1v) is 8.51. The lowest BCUT2D eigenvalue weighted by molar-refractivity contribution is 0.100. The Bertz CT molecular complexity index is 998. The number of aromatic amines is 1. The van der Waals surface area contributed by atoms with E-state index < -0.39 is 5.91 Å². The van der Waals surface area contributed by atoms with Gasteiger partial charge in [0.25, 0.3) is 0 Å². The van der Waals surface area contributed by atoms with Gasteiger partial charge in [0.1, 0.15) is 5.69 Å². The van der Waals surface area contributed by atoms with Crippen LogP contribution in [0, 0.1) is 0 Å². The van der Waals surface area contributed by atoms with Crippen LogP contribution in [0.1, 0.15) is 28.0 Å². The van der Waals surface area contributed by atoms with Crippen LogP contribution < -0.4 is 5.73 Å². The molecule has 1 aliphatic carbocycles. The number of benzene rings is 2. The molecule has 0 fully saturated rings. The predicted octanol–water partition coefficient (Wildman–Crippen LogP) is 5.16. The second kappa shape index (κ2) is 6.80. The number of aromatic nitrogens is 1. The van der Waals surface area contributed by atoms with Gasteiger partial charge in [-0.15, -0.1) is 5.11 Å². The maximum absolute atomic E-state index is 11.2. The Morgan fingerprint density at radius 1 is 1.00 bits per heavy atom. The normalized spacial score (nSPS) is 13.1. The van der Waals surface area contributed by atoms with Crippen LogP contribution in [0.25, 0.3) is 17.3 Å². The number of carbonyl (C=O) groups excluding carboxylic acids is 1. The van der Waals surface area contributed by atoms with Gasteiger partial charge in [-0.25, -0.2) is 0 Å². The zero-order valence-electron chi connectivity index (χ0n) is 14.1. The molecule has 1 aliphatic rings. The Morgan fingerprint density at radius 3 is 2.50 bits per heavy atom. The van der Waals surface area contributed by atoms with Crippen LogP contribution >= 0.6 is 0 Å². The van der Waals surface area contributed by atoms with E-state index in [2.05, 4.69) is 39.5 Å². The van der Waals surface area contributed by atoms with E-state index >= 15 is 0 Å². The van der Waals surface area contributed by atoms with E-state index in [0.717, 1.165) is 35.5 Å². The van der Waals surface area contributed by atoms with Gasteiger partial charge in [0.05, 0.1) is 11.4 Å². The Hall–Kier alpha value is -3.47. The number of rotatable bonds is 4. The molecule has 3 aromatic rings. The first-order chi connectivity index (χ1) is 12.7. The van der Waals surface area contributed by atoms with Crippen molar-refractivity contribution in [3.8, 4) is 11.3 Å². The van der Waals surface area contributed by atoms with Gasteiger partial charge in [-0.05, 0) is 43.2 Å². The number of primary amides is 1. The summed E-state index contributed by atoms with van der Waals surface area (Å²) in [6, 6.07) is 16.9. The quantitative estimate of drug-likeness (QED) is 0.631. The lowest BCUT2D eigenvalue weighted by Crippen LogP contribution is -2.10. The van der Waals surface area contributed by atoms with Crippen molar-refractivity contribution in [1.82, 2.24) is 4.98 Å². The Kier molecular flexibility index (Phi) is 4.19. The van der Waals surface area contributed by atoms with Gasteiger partial charge in [0.15, 0.2) is 0 Å². The maximum Gasteiger partial charge on any atom is 0.248 e. The first-order valence-electron chi connectivity index (χ1n) is 8.51. The second-order valence-corrected chi connectivity index (χ2v) is 6.16. The topological polar surface area (TPSA) is 83.6 Å². The van der Waals surface area contributed by atoms with Crippen molar-refractivity contribution in [3.05, 3.63) is 77.5 Å². The van der Waals surface area contributed by atoms with Crippen LogP contribution in [-0.4, -0.2) is 10.9 Å². The van der Waals surface area contributed by atoms with Crippen molar-refractivity contribution in [3.63, 3.8) is 0 Å². The van der Waals surface area contributed by atoms with Gasteiger partial charge in [-0.1, -0.05) is 36.4 Å². The number of nitrogens with two attached hydrogens (primary N) is 1. The van der Waals surface area contributed by atoms with Crippen LogP contribution in [0.3, 0.4) is 0 Å². The average molecular weight is 342 g/mol. The number of amides is 1. The molecule has 1 heterocycles. The van der Waals surface area contributed by atoms with E-state index in [0.29, 0.717) is 11.3 Å². The summed E-state index contributed by atoms with van der Waals surface area (Å²) in [7, 11) is 0. The minimum absolute atomic E-state index is 0.452. The summed E-state index contributed by atoms with van der Waals surface area (Å²) >= 11 is 0. The van der Waals surface area contributed by atoms with Crippen molar-refractivity contribution < 1.29 is 4.79 Å². The highest BCUT2D eigenvalue weighted by Gasteiger charge is 2.18. The fourth-order valence-electron chi connectivity index (χ4n) is 3.10. The van der Waals surface area contributed by atoms with Gasteiger partial charge in [0.2, 0.25) is 5.91 Å². The van der Waals surface area contributed by atoms with Crippen LogP contribution in [-0.2, 0) is 6.42 Å². The van der Waals surface area contributed by atoms with Gasteiger partial charge >= 0.3 is 0 Å². The third-order valence-corrected chi connectivity index (χ3v) is 4.43. The number of nitrogens with zero attached hydrogens (tertiary/aromatic N) is 2. The summed E-state index contributed by atoms with van der Waals surface area (Å²) in [6.07, 6.45) is 6.20. The predicted molar refractivity (Wildman–Crippen MR) is 103 cm³/mol. The molecule has 5 nitrogen and oxygen atoms in total. The van der Waals surface area contributed by atoms with Crippen LogP contribution in [0.4, 0.5) is 11.4 Å². The second-order valence-electron chi connectivity index (χ2n) is 6.16. The Labute approximate surface area is 151 Å². The largest absolute Gasteiger partial charge is 0.366 e. The Balaban J connectivity index is 1.74. The van der Waals surface area contributed by atoms with Crippen molar-refractivity contribution in [2.45, 2.75) is 12.8 Å². The van der Waals surface area contributed by atoms with Crippen LogP contribution in [0.15, 0.2) is 70.9 Å². The molecule has 1 amide bonds. The highest BCUT2D eigenvalue weighted by atomic mass is 16.1. The molecule has 0 atom stereocenters. The van der Waals surface area contributed by atoms with Gasteiger partial charge in [0, 0.05) is 22.4 Å². The first kappa shape index (κ1) is 16.0. The number of azo groups is 1. The molecule has 4 rings (SSSR count). The number of hydrogen-bond donors (Lipinski definition) is 2. The smallest absolute Gasteiger partial charge is 0.248 e. The molecule has 5 heteroatoms. The average Bonchev–Trinajstić information content (AvgIpc) is 3.06. The van der Waals surface area contributed by atoms with Gasteiger partial charge in [-0.2, -0.15) is 5.11 Å². The van der Waals surface area contributed by atoms with E-state index in [1.165, 1.54) is 5.56 Å². The summed E-state index contributed by atoms with van der Waals surface area (Å²) in [6.45, 7) is 0. The molecular weight excluding hydrogens is 324 g/mol. The number of hydrogen-bond acceptors (Lipinski definition) is 3. The summed E-state index contributed by atoms with van der Waals surface area (Å²) < 4.78 is 0. The van der Waals surface area contributed by atoms with Crippen molar-refractivity contribution in [2.75, 3.05) is 0 Å².